The number of hydrogen-bond donors (Lipinski definition) is 4. The summed E-state index contributed by atoms with van der Waals surface area (Å²) >= 11 is 6.40. The standard InChI is InChI=1S/C25H18ClFN6O/c26-19-13-30-25(33-23(19)18-12-29-21-10-2-1-7-16(18)21)32-15-6-3-5-14(11-15)31-24(34)17-8-4-9-20(28)22(17)27/h1-13,29H,28H2,(H,31,34)(H,30,32,33). The Morgan fingerprint density at radius 3 is 2.71 bits per heavy atom. The number of rotatable bonds is 5. The summed E-state index contributed by atoms with van der Waals surface area (Å²) in [5.74, 6) is -1.03. The first-order valence-electron chi connectivity index (χ1n) is 10.3. The summed E-state index contributed by atoms with van der Waals surface area (Å²) in [7, 11) is 0. The molecular weight excluding hydrogens is 455 g/mol. The van der Waals surface area contributed by atoms with Crippen molar-refractivity contribution in [2.75, 3.05) is 16.4 Å². The fourth-order valence-electron chi connectivity index (χ4n) is 3.61. The Balaban J connectivity index is 1.39. The number of nitrogens with zero attached hydrogens (tertiary/aromatic N) is 2. The van der Waals surface area contributed by atoms with Gasteiger partial charge in [-0.05, 0) is 36.4 Å². The first-order chi connectivity index (χ1) is 16.5. The molecule has 0 aliphatic heterocycles. The second-order valence-corrected chi connectivity index (χ2v) is 7.91. The van der Waals surface area contributed by atoms with Crippen molar-refractivity contribution in [1.29, 1.82) is 0 Å². The minimum absolute atomic E-state index is 0.0889. The molecule has 2 heterocycles. The first kappa shape index (κ1) is 21.4. The molecule has 5 N–H and O–H groups in total. The Kier molecular flexibility index (Phi) is 5.57. The van der Waals surface area contributed by atoms with Gasteiger partial charge in [-0.3, -0.25) is 4.79 Å². The maximum Gasteiger partial charge on any atom is 0.258 e. The van der Waals surface area contributed by atoms with Gasteiger partial charge in [0.2, 0.25) is 5.95 Å². The van der Waals surface area contributed by atoms with Gasteiger partial charge in [-0.15, -0.1) is 0 Å². The van der Waals surface area contributed by atoms with Gasteiger partial charge in [0.25, 0.3) is 5.91 Å². The van der Waals surface area contributed by atoms with Crippen LogP contribution in [0.15, 0.2) is 79.1 Å². The topological polar surface area (TPSA) is 109 Å². The largest absolute Gasteiger partial charge is 0.396 e. The van der Waals surface area contributed by atoms with E-state index in [-0.39, 0.29) is 11.3 Å². The Hall–Kier alpha value is -4.43. The number of aromatic nitrogens is 3. The molecule has 5 rings (SSSR count). The molecule has 9 heteroatoms. The highest BCUT2D eigenvalue weighted by Crippen LogP contribution is 2.32. The molecule has 0 fully saturated rings. The van der Waals surface area contributed by atoms with Gasteiger partial charge >= 0.3 is 0 Å². The van der Waals surface area contributed by atoms with Crippen molar-refractivity contribution >= 4 is 51.4 Å². The van der Waals surface area contributed by atoms with Crippen molar-refractivity contribution in [3.8, 4) is 11.3 Å². The zero-order valence-electron chi connectivity index (χ0n) is 17.6. The number of H-pyrrole nitrogens is 1. The highest BCUT2D eigenvalue weighted by molar-refractivity contribution is 6.33. The molecule has 0 spiro atoms. The predicted octanol–water partition coefficient (Wildman–Crippen LogP) is 6.00. The molecule has 0 atom stereocenters. The Labute approximate surface area is 198 Å². The molecule has 1 amide bonds. The molecule has 0 saturated heterocycles. The number of hydrogen-bond acceptors (Lipinski definition) is 5. The number of halogens is 2. The van der Waals surface area contributed by atoms with Crippen molar-refractivity contribution < 1.29 is 9.18 Å². The molecule has 2 aromatic heterocycles. The number of para-hydroxylation sites is 1. The summed E-state index contributed by atoms with van der Waals surface area (Å²) in [6.07, 6.45) is 3.39. The fraction of sp³-hybridized carbons (Fsp3) is 0. The quantitative estimate of drug-likeness (QED) is 0.235. The summed E-state index contributed by atoms with van der Waals surface area (Å²) in [5, 5.41) is 7.20. The van der Waals surface area contributed by atoms with Crippen LogP contribution in [0.3, 0.4) is 0 Å². The van der Waals surface area contributed by atoms with Crippen molar-refractivity contribution in [3.63, 3.8) is 0 Å². The van der Waals surface area contributed by atoms with Crippen molar-refractivity contribution in [3.05, 3.63) is 95.5 Å². The van der Waals surface area contributed by atoms with Crippen LogP contribution < -0.4 is 16.4 Å². The molecule has 3 aromatic carbocycles. The lowest BCUT2D eigenvalue weighted by atomic mass is 10.1. The smallest absolute Gasteiger partial charge is 0.258 e. The number of carbonyl (C=O) groups is 1. The highest BCUT2D eigenvalue weighted by atomic mass is 35.5. The van der Waals surface area contributed by atoms with E-state index in [1.54, 1.807) is 24.3 Å². The lowest BCUT2D eigenvalue weighted by Gasteiger charge is -2.11. The number of benzene rings is 3. The number of aromatic amines is 1. The van der Waals surface area contributed by atoms with Gasteiger partial charge in [0.1, 0.15) is 0 Å². The molecular formula is C25H18ClFN6O. The first-order valence-corrected chi connectivity index (χ1v) is 10.7. The maximum absolute atomic E-state index is 14.2. The third-order valence-electron chi connectivity index (χ3n) is 5.24. The number of amides is 1. The average molecular weight is 473 g/mol. The van der Waals surface area contributed by atoms with Gasteiger partial charge in [0.05, 0.1) is 28.2 Å². The van der Waals surface area contributed by atoms with E-state index in [4.69, 9.17) is 17.3 Å². The number of anilines is 4. The van der Waals surface area contributed by atoms with Crippen molar-refractivity contribution in [1.82, 2.24) is 15.0 Å². The number of nitrogen functional groups attached to an aromatic ring is 1. The van der Waals surface area contributed by atoms with Gasteiger partial charge < -0.3 is 21.4 Å². The number of nitrogens with one attached hydrogen (secondary N) is 3. The van der Waals surface area contributed by atoms with E-state index in [1.165, 1.54) is 24.4 Å². The molecule has 168 valence electrons. The molecule has 0 bridgehead atoms. The Morgan fingerprint density at radius 1 is 1.03 bits per heavy atom. The van der Waals surface area contributed by atoms with Gasteiger partial charge in [-0.25, -0.2) is 14.4 Å². The highest BCUT2D eigenvalue weighted by Gasteiger charge is 2.15. The molecule has 0 radical (unpaired) electrons. The Bertz CT molecular complexity index is 1530. The predicted molar refractivity (Wildman–Crippen MR) is 133 cm³/mol. The maximum atomic E-state index is 14.2. The number of carbonyl (C=O) groups excluding carboxylic acids is 1. The molecule has 0 aliphatic carbocycles. The van der Waals surface area contributed by atoms with E-state index in [0.717, 1.165) is 16.5 Å². The molecule has 0 saturated carbocycles. The number of fused-ring (bicyclic) bond motifs is 1. The van der Waals surface area contributed by atoms with Gasteiger partial charge in [0.15, 0.2) is 5.82 Å². The van der Waals surface area contributed by atoms with Crippen LogP contribution in [0.1, 0.15) is 10.4 Å². The zero-order valence-corrected chi connectivity index (χ0v) is 18.4. The van der Waals surface area contributed by atoms with Crippen LogP contribution in [-0.4, -0.2) is 20.9 Å². The summed E-state index contributed by atoms with van der Waals surface area (Å²) in [4.78, 5) is 24.6. The minimum atomic E-state index is -0.756. The van der Waals surface area contributed by atoms with Gasteiger partial charge in [0, 0.05) is 34.0 Å². The van der Waals surface area contributed by atoms with Gasteiger partial charge in [-0.1, -0.05) is 41.9 Å². The molecule has 34 heavy (non-hydrogen) atoms. The fourth-order valence-corrected chi connectivity index (χ4v) is 3.80. The monoisotopic (exact) mass is 472 g/mol. The zero-order chi connectivity index (χ0) is 23.7. The van der Waals surface area contributed by atoms with Crippen LogP contribution in [0.5, 0.6) is 0 Å². The summed E-state index contributed by atoms with van der Waals surface area (Å²) in [6.45, 7) is 0. The van der Waals surface area contributed by atoms with E-state index < -0.39 is 11.7 Å². The van der Waals surface area contributed by atoms with E-state index in [1.807, 2.05) is 30.5 Å². The van der Waals surface area contributed by atoms with E-state index in [9.17, 15) is 9.18 Å². The molecule has 0 aliphatic rings. The summed E-state index contributed by atoms with van der Waals surface area (Å²) < 4.78 is 14.2. The van der Waals surface area contributed by atoms with Crippen LogP contribution in [0, 0.1) is 5.82 Å². The van der Waals surface area contributed by atoms with Crippen LogP contribution in [-0.2, 0) is 0 Å². The van der Waals surface area contributed by atoms with E-state index in [2.05, 4.69) is 25.6 Å². The van der Waals surface area contributed by atoms with Crippen LogP contribution in [0.4, 0.5) is 27.4 Å². The lowest BCUT2D eigenvalue weighted by Crippen LogP contribution is -2.14. The second-order valence-electron chi connectivity index (χ2n) is 7.51. The van der Waals surface area contributed by atoms with E-state index >= 15 is 0 Å². The second kappa shape index (κ2) is 8.84. The molecule has 5 aromatic rings. The summed E-state index contributed by atoms with van der Waals surface area (Å²) in [5.41, 5.74) is 8.83. The third kappa shape index (κ3) is 4.14. The van der Waals surface area contributed by atoms with Crippen molar-refractivity contribution in [2.24, 2.45) is 0 Å². The SMILES string of the molecule is Nc1cccc(C(=O)Nc2cccc(Nc3ncc(Cl)c(-c4c[nH]c5ccccc45)n3)c2)c1F. The minimum Gasteiger partial charge on any atom is -0.396 e. The number of nitrogens with two attached hydrogens (primary N) is 1. The Morgan fingerprint density at radius 2 is 1.82 bits per heavy atom. The third-order valence-corrected chi connectivity index (χ3v) is 5.51. The van der Waals surface area contributed by atoms with Crippen LogP contribution in [0.25, 0.3) is 22.2 Å². The van der Waals surface area contributed by atoms with Crippen LogP contribution in [0.2, 0.25) is 5.02 Å². The molecule has 0 unspecified atom stereocenters. The van der Waals surface area contributed by atoms with Crippen molar-refractivity contribution in [2.45, 2.75) is 0 Å². The molecule has 7 nitrogen and oxygen atoms in total. The van der Waals surface area contributed by atoms with E-state index in [0.29, 0.717) is 28.0 Å². The normalized spacial score (nSPS) is 10.9. The van der Waals surface area contributed by atoms with Crippen LogP contribution >= 0.6 is 11.6 Å². The lowest BCUT2D eigenvalue weighted by molar-refractivity contribution is 0.102. The average Bonchev–Trinajstić information content (AvgIpc) is 3.26. The summed E-state index contributed by atoms with van der Waals surface area (Å²) in [6, 6.07) is 19.1. The van der Waals surface area contributed by atoms with Gasteiger partial charge in [-0.2, -0.15) is 0 Å².